The molecule has 0 atom stereocenters. The highest BCUT2D eigenvalue weighted by Gasteiger charge is 2.13. The largest absolute Gasteiger partial charge is 0.192 e. The van der Waals surface area contributed by atoms with Crippen molar-refractivity contribution in [1.29, 1.82) is 5.26 Å². The number of nitriles is 1. The van der Waals surface area contributed by atoms with Crippen LogP contribution >= 0.6 is 11.8 Å². The van der Waals surface area contributed by atoms with Crippen molar-refractivity contribution < 1.29 is 0 Å². The van der Waals surface area contributed by atoms with Crippen molar-refractivity contribution in [3.8, 4) is 6.07 Å². The molecule has 2 heteroatoms. The third-order valence-corrected chi connectivity index (χ3v) is 4.27. The monoisotopic (exact) mass is 281 g/mol. The van der Waals surface area contributed by atoms with E-state index in [9.17, 15) is 0 Å². The number of benzene rings is 2. The standard InChI is InChI=1S/C18H19NS/c1-13-11-17(8-5-14(13)12-19)20-16-9-6-15(7-10-16)18(2,3)4/h5-11H,1-4H3. The first-order valence-corrected chi connectivity index (χ1v) is 7.51. The van der Waals surface area contributed by atoms with Crippen molar-refractivity contribution in [2.45, 2.75) is 42.9 Å². The molecule has 2 aromatic rings. The Hall–Kier alpha value is -1.72. The molecular formula is C18H19NS. The molecule has 1 nitrogen and oxygen atoms in total. The van der Waals surface area contributed by atoms with E-state index in [1.807, 2.05) is 19.1 Å². The number of rotatable bonds is 2. The lowest BCUT2D eigenvalue weighted by Gasteiger charge is -2.19. The second-order valence-electron chi connectivity index (χ2n) is 5.96. The maximum atomic E-state index is 8.95. The van der Waals surface area contributed by atoms with E-state index in [0.717, 1.165) is 11.1 Å². The Bertz CT molecular complexity index is 643. The predicted molar refractivity (Wildman–Crippen MR) is 85.2 cm³/mol. The van der Waals surface area contributed by atoms with Crippen molar-refractivity contribution in [3.63, 3.8) is 0 Å². The Morgan fingerprint density at radius 1 is 0.950 bits per heavy atom. The molecule has 0 bridgehead atoms. The van der Waals surface area contributed by atoms with Crippen LogP contribution in [0.15, 0.2) is 52.3 Å². The Morgan fingerprint density at radius 3 is 2.05 bits per heavy atom. The quantitative estimate of drug-likeness (QED) is 0.744. The molecule has 0 heterocycles. The van der Waals surface area contributed by atoms with E-state index >= 15 is 0 Å². The summed E-state index contributed by atoms with van der Waals surface area (Å²) in [6, 6.07) is 16.9. The summed E-state index contributed by atoms with van der Waals surface area (Å²) in [5.41, 5.74) is 3.31. The molecule has 0 saturated carbocycles. The van der Waals surface area contributed by atoms with E-state index in [-0.39, 0.29) is 5.41 Å². The Labute approximate surface area is 125 Å². The summed E-state index contributed by atoms with van der Waals surface area (Å²) in [5, 5.41) is 8.95. The van der Waals surface area contributed by atoms with Crippen LogP contribution in [0.2, 0.25) is 0 Å². The number of hydrogen-bond acceptors (Lipinski definition) is 2. The third kappa shape index (κ3) is 3.43. The minimum absolute atomic E-state index is 0.189. The van der Waals surface area contributed by atoms with Gasteiger partial charge in [-0.25, -0.2) is 0 Å². The average molecular weight is 281 g/mol. The first kappa shape index (κ1) is 14.7. The molecule has 0 aromatic heterocycles. The topological polar surface area (TPSA) is 23.8 Å². The van der Waals surface area contributed by atoms with Crippen LogP contribution < -0.4 is 0 Å². The fourth-order valence-corrected chi connectivity index (χ4v) is 2.90. The zero-order chi connectivity index (χ0) is 14.8. The van der Waals surface area contributed by atoms with Crippen molar-refractivity contribution in [1.82, 2.24) is 0 Å². The molecular weight excluding hydrogens is 262 g/mol. The van der Waals surface area contributed by atoms with E-state index < -0.39 is 0 Å². The van der Waals surface area contributed by atoms with Crippen LogP contribution in [0.4, 0.5) is 0 Å². The van der Waals surface area contributed by atoms with Crippen LogP contribution in [0.25, 0.3) is 0 Å². The lowest BCUT2D eigenvalue weighted by Crippen LogP contribution is -2.10. The van der Waals surface area contributed by atoms with Crippen LogP contribution in [-0.2, 0) is 5.41 Å². The fourth-order valence-electron chi connectivity index (χ4n) is 1.98. The second kappa shape index (κ2) is 5.73. The van der Waals surface area contributed by atoms with Gasteiger partial charge < -0.3 is 0 Å². The van der Waals surface area contributed by atoms with E-state index in [1.165, 1.54) is 15.4 Å². The summed E-state index contributed by atoms with van der Waals surface area (Å²) in [7, 11) is 0. The molecule has 0 spiro atoms. The summed E-state index contributed by atoms with van der Waals surface area (Å²) in [4.78, 5) is 2.40. The predicted octanol–water partition coefficient (Wildman–Crippen LogP) is 5.32. The van der Waals surface area contributed by atoms with Gasteiger partial charge in [-0.1, -0.05) is 44.7 Å². The average Bonchev–Trinajstić information content (AvgIpc) is 2.38. The Kier molecular flexibility index (Phi) is 4.20. The van der Waals surface area contributed by atoms with E-state index in [1.54, 1.807) is 11.8 Å². The molecule has 20 heavy (non-hydrogen) atoms. The number of nitrogens with zero attached hydrogens (tertiary/aromatic N) is 1. The van der Waals surface area contributed by atoms with Gasteiger partial charge in [0, 0.05) is 9.79 Å². The second-order valence-corrected chi connectivity index (χ2v) is 7.11. The van der Waals surface area contributed by atoms with Gasteiger partial charge in [0.25, 0.3) is 0 Å². The van der Waals surface area contributed by atoms with Gasteiger partial charge in [0.1, 0.15) is 0 Å². The smallest absolute Gasteiger partial charge is 0.0994 e. The lowest BCUT2D eigenvalue weighted by molar-refractivity contribution is 0.590. The van der Waals surface area contributed by atoms with Crippen molar-refractivity contribution in [2.75, 3.05) is 0 Å². The highest BCUT2D eigenvalue weighted by Crippen LogP contribution is 2.31. The van der Waals surface area contributed by atoms with E-state index in [0.29, 0.717) is 0 Å². The third-order valence-electron chi connectivity index (χ3n) is 3.27. The van der Waals surface area contributed by atoms with Gasteiger partial charge >= 0.3 is 0 Å². The molecule has 0 N–H and O–H groups in total. The van der Waals surface area contributed by atoms with Gasteiger partial charge in [-0.2, -0.15) is 5.26 Å². The molecule has 0 fully saturated rings. The van der Waals surface area contributed by atoms with Crippen molar-refractivity contribution in [3.05, 3.63) is 59.2 Å². The van der Waals surface area contributed by atoms with Gasteiger partial charge in [-0.05, 0) is 53.8 Å². The molecule has 102 valence electrons. The van der Waals surface area contributed by atoms with Crippen LogP contribution in [0.5, 0.6) is 0 Å². The zero-order valence-corrected chi connectivity index (χ0v) is 13.2. The van der Waals surface area contributed by atoms with E-state index in [2.05, 4.69) is 57.2 Å². The molecule has 0 unspecified atom stereocenters. The summed E-state index contributed by atoms with van der Waals surface area (Å²) in [6.07, 6.45) is 0. The van der Waals surface area contributed by atoms with Gasteiger partial charge in [0.2, 0.25) is 0 Å². The Balaban J connectivity index is 2.19. The zero-order valence-electron chi connectivity index (χ0n) is 12.4. The molecule has 2 aromatic carbocycles. The number of hydrogen-bond donors (Lipinski definition) is 0. The fraction of sp³-hybridized carbons (Fsp3) is 0.278. The minimum Gasteiger partial charge on any atom is -0.192 e. The summed E-state index contributed by atoms with van der Waals surface area (Å²) in [6.45, 7) is 8.64. The molecule has 0 aliphatic carbocycles. The maximum Gasteiger partial charge on any atom is 0.0994 e. The molecule has 2 rings (SSSR count). The summed E-state index contributed by atoms with van der Waals surface area (Å²) < 4.78 is 0. The van der Waals surface area contributed by atoms with Crippen LogP contribution in [-0.4, -0.2) is 0 Å². The SMILES string of the molecule is Cc1cc(Sc2ccc(C(C)(C)C)cc2)ccc1C#N. The van der Waals surface area contributed by atoms with Gasteiger partial charge in [0.05, 0.1) is 11.6 Å². The molecule has 0 aliphatic rings. The molecule has 0 saturated heterocycles. The highest BCUT2D eigenvalue weighted by atomic mass is 32.2. The molecule has 0 radical (unpaired) electrons. The van der Waals surface area contributed by atoms with Gasteiger partial charge in [-0.3, -0.25) is 0 Å². The lowest BCUT2D eigenvalue weighted by atomic mass is 9.87. The number of aryl methyl sites for hydroxylation is 1. The molecule has 0 amide bonds. The van der Waals surface area contributed by atoms with Crippen LogP contribution in [0, 0.1) is 18.3 Å². The minimum atomic E-state index is 0.189. The normalized spacial score (nSPS) is 11.2. The maximum absolute atomic E-state index is 8.95. The van der Waals surface area contributed by atoms with Crippen molar-refractivity contribution >= 4 is 11.8 Å². The van der Waals surface area contributed by atoms with Crippen LogP contribution in [0.1, 0.15) is 37.5 Å². The first-order valence-electron chi connectivity index (χ1n) is 6.69. The van der Waals surface area contributed by atoms with Gasteiger partial charge in [-0.15, -0.1) is 0 Å². The first-order chi connectivity index (χ1) is 9.40. The molecule has 0 aliphatic heterocycles. The Morgan fingerprint density at radius 2 is 1.55 bits per heavy atom. The van der Waals surface area contributed by atoms with E-state index in [4.69, 9.17) is 5.26 Å². The van der Waals surface area contributed by atoms with Crippen LogP contribution in [0.3, 0.4) is 0 Å². The van der Waals surface area contributed by atoms with Gasteiger partial charge in [0.15, 0.2) is 0 Å². The highest BCUT2D eigenvalue weighted by molar-refractivity contribution is 7.99. The summed E-state index contributed by atoms with van der Waals surface area (Å²) >= 11 is 1.73. The summed E-state index contributed by atoms with van der Waals surface area (Å²) in [5.74, 6) is 0. The van der Waals surface area contributed by atoms with Crippen molar-refractivity contribution in [2.24, 2.45) is 0 Å².